The summed E-state index contributed by atoms with van der Waals surface area (Å²) in [5, 5.41) is 3.51. The van der Waals surface area contributed by atoms with Gasteiger partial charge in [0.2, 0.25) is 0 Å². The average molecular weight is 269 g/mol. The third kappa shape index (κ3) is 4.04. The number of furan rings is 1. The Hall–Kier alpha value is -0.450. The van der Waals surface area contributed by atoms with Crippen LogP contribution in [0.4, 0.5) is 0 Å². The Bertz CT molecular complexity index is 358. The first-order chi connectivity index (χ1) is 8.72. The summed E-state index contributed by atoms with van der Waals surface area (Å²) in [7, 11) is 0. The average Bonchev–Trinajstić information content (AvgIpc) is 2.78. The second kappa shape index (κ2) is 6.64. The highest BCUT2D eigenvalue weighted by Gasteiger charge is 2.26. The van der Waals surface area contributed by atoms with E-state index in [-0.39, 0.29) is 0 Å². The molecule has 1 N–H and O–H groups in total. The van der Waals surface area contributed by atoms with Crippen molar-refractivity contribution in [3.05, 3.63) is 23.7 Å². The smallest absolute Gasteiger partial charge is 0.118 e. The first kappa shape index (κ1) is 14.0. The summed E-state index contributed by atoms with van der Waals surface area (Å²) < 4.78 is 11.1. The maximum Gasteiger partial charge on any atom is 0.118 e. The van der Waals surface area contributed by atoms with Gasteiger partial charge in [0.1, 0.15) is 11.5 Å². The molecule has 1 aromatic rings. The van der Waals surface area contributed by atoms with E-state index < -0.39 is 0 Å². The van der Waals surface area contributed by atoms with Crippen LogP contribution in [0.15, 0.2) is 16.5 Å². The first-order valence-electron chi connectivity index (χ1n) is 6.57. The Kier molecular flexibility index (Phi) is 5.15. The number of ether oxygens (including phenoxy) is 1. The van der Waals surface area contributed by atoms with Crippen LogP contribution in [0.2, 0.25) is 0 Å². The molecule has 2 rings (SSSR count). The molecular weight excluding hydrogens is 246 g/mol. The van der Waals surface area contributed by atoms with E-state index in [1.807, 2.05) is 0 Å². The van der Waals surface area contributed by atoms with Gasteiger partial charge in [-0.1, -0.05) is 6.92 Å². The molecule has 0 saturated carbocycles. The van der Waals surface area contributed by atoms with Gasteiger partial charge in [-0.15, -0.1) is 0 Å². The third-order valence-electron chi connectivity index (χ3n) is 3.55. The second-order valence-electron chi connectivity index (χ2n) is 5.33. The van der Waals surface area contributed by atoms with Crippen LogP contribution in [0.3, 0.4) is 0 Å². The molecule has 0 radical (unpaired) electrons. The van der Waals surface area contributed by atoms with E-state index >= 15 is 0 Å². The summed E-state index contributed by atoms with van der Waals surface area (Å²) in [4.78, 5) is 0. The van der Waals surface area contributed by atoms with E-state index in [1.165, 1.54) is 0 Å². The maximum absolute atomic E-state index is 5.74. The molecule has 3 nitrogen and oxygen atoms in total. The molecule has 1 aromatic heterocycles. The van der Waals surface area contributed by atoms with Crippen LogP contribution in [0.25, 0.3) is 0 Å². The fraction of sp³-hybridized carbons (Fsp3) is 0.714. The molecule has 0 aliphatic carbocycles. The summed E-state index contributed by atoms with van der Waals surface area (Å²) >= 11 is 1.79. The van der Waals surface area contributed by atoms with Gasteiger partial charge in [-0.25, -0.2) is 0 Å². The minimum atomic E-state index is 0.382. The van der Waals surface area contributed by atoms with Crippen LogP contribution in [-0.2, 0) is 17.0 Å². The quantitative estimate of drug-likeness (QED) is 0.861. The Balaban J connectivity index is 1.73. The molecule has 4 heteroatoms. The summed E-state index contributed by atoms with van der Waals surface area (Å²) in [6.07, 6.45) is 4.39. The first-order valence-corrected chi connectivity index (χ1v) is 7.96. The third-order valence-corrected chi connectivity index (χ3v) is 4.13. The van der Waals surface area contributed by atoms with Crippen LogP contribution >= 0.6 is 11.8 Å². The zero-order chi connectivity index (χ0) is 12.8. The molecule has 18 heavy (non-hydrogen) atoms. The van der Waals surface area contributed by atoms with Crippen molar-refractivity contribution in [2.45, 2.75) is 32.1 Å². The molecule has 1 aliphatic heterocycles. The normalized spacial score (nSPS) is 19.0. The van der Waals surface area contributed by atoms with E-state index in [0.29, 0.717) is 5.41 Å². The van der Waals surface area contributed by atoms with Crippen LogP contribution in [0.1, 0.15) is 31.3 Å². The molecule has 1 saturated heterocycles. The van der Waals surface area contributed by atoms with Gasteiger partial charge in [0.25, 0.3) is 0 Å². The number of nitrogens with one attached hydrogen (secondary N) is 1. The fourth-order valence-corrected chi connectivity index (χ4v) is 2.71. The Labute approximate surface area is 114 Å². The molecule has 102 valence electrons. The molecule has 1 aliphatic rings. The van der Waals surface area contributed by atoms with Gasteiger partial charge in [-0.3, -0.25) is 0 Å². The number of thioether (sulfide) groups is 1. The van der Waals surface area contributed by atoms with Gasteiger partial charge in [-0.2, -0.15) is 11.8 Å². The van der Waals surface area contributed by atoms with Crippen molar-refractivity contribution in [2.75, 3.05) is 26.0 Å². The topological polar surface area (TPSA) is 34.4 Å². The predicted molar refractivity (Wildman–Crippen MR) is 75.8 cm³/mol. The van der Waals surface area contributed by atoms with Gasteiger partial charge < -0.3 is 14.5 Å². The lowest BCUT2D eigenvalue weighted by molar-refractivity contribution is 0.0238. The van der Waals surface area contributed by atoms with E-state index in [4.69, 9.17) is 9.15 Å². The van der Waals surface area contributed by atoms with Gasteiger partial charge >= 0.3 is 0 Å². The Morgan fingerprint density at radius 1 is 1.28 bits per heavy atom. The van der Waals surface area contributed by atoms with Crippen molar-refractivity contribution in [3.8, 4) is 0 Å². The fourth-order valence-electron chi connectivity index (χ4n) is 2.27. The van der Waals surface area contributed by atoms with Crippen molar-refractivity contribution >= 4 is 11.8 Å². The predicted octanol–water partition coefficient (Wildman–Crippen LogP) is 3.05. The van der Waals surface area contributed by atoms with Crippen molar-refractivity contribution in [1.29, 1.82) is 0 Å². The van der Waals surface area contributed by atoms with Crippen LogP contribution < -0.4 is 5.32 Å². The van der Waals surface area contributed by atoms with Crippen LogP contribution in [0, 0.1) is 5.41 Å². The maximum atomic E-state index is 5.74. The monoisotopic (exact) mass is 269 g/mol. The highest BCUT2D eigenvalue weighted by molar-refractivity contribution is 7.97. The van der Waals surface area contributed by atoms with Gasteiger partial charge in [0.15, 0.2) is 0 Å². The molecule has 0 atom stereocenters. The minimum Gasteiger partial charge on any atom is -0.464 e. The SMILES string of the molecule is CSCc1ccc(CNCC2(C)CCOCC2)o1. The minimum absolute atomic E-state index is 0.382. The van der Waals surface area contributed by atoms with Crippen molar-refractivity contribution in [3.63, 3.8) is 0 Å². The lowest BCUT2D eigenvalue weighted by Gasteiger charge is -2.33. The second-order valence-corrected chi connectivity index (χ2v) is 6.19. The number of rotatable bonds is 6. The van der Waals surface area contributed by atoms with E-state index in [1.54, 1.807) is 11.8 Å². The molecule has 0 aromatic carbocycles. The summed E-state index contributed by atoms with van der Waals surface area (Å²) in [5.74, 6) is 3.06. The number of hydrogen-bond donors (Lipinski definition) is 1. The Morgan fingerprint density at radius 3 is 2.72 bits per heavy atom. The van der Waals surface area contributed by atoms with Crippen LogP contribution in [0.5, 0.6) is 0 Å². The van der Waals surface area contributed by atoms with E-state index in [0.717, 1.165) is 56.4 Å². The molecule has 2 heterocycles. The molecular formula is C14H23NO2S. The molecule has 1 fully saturated rings. The molecule has 0 amide bonds. The van der Waals surface area contributed by atoms with E-state index in [9.17, 15) is 0 Å². The lowest BCUT2D eigenvalue weighted by atomic mass is 9.82. The molecule has 0 bridgehead atoms. The van der Waals surface area contributed by atoms with Crippen molar-refractivity contribution in [2.24, 2.45) is 5.41 Å². The lowest BCUT2D eigenvalue weighted by Crippen LogP contribution is -2.36. The largest absolute Gasteiger partial charge is 0.464 e. The highest BCUT2D eigenvalue weighted by atomic mass is 32.2. The van der Waals surface area contributed by atoms with Crippen molar-refractivity contribution in [1.82, 2.24) is 5.32 Å². The zero-order valence-corrected chi connectivity index (χ0v) is 12.1. The van der Waals surface area contributed by atoms with Crippen LogP contribution in [-0.4, -0.2) is 26.0 Å². The zero-order valence-electron chi connectivity index (χ0n) is 11.3. The number of hydrogen-bond acceptors (Lipinski definition) is 4. The van der Waals surface area contributed by atoms with Gasteiger partial charge in [0.05, 0.1) is 12.3 Å². The van der Waals surface area contributed by atoms with Crippen molar-refractivity contribution < 1.29 is 9.15 Å². The summed E-state index contributed by atoms with van der Waals surface area (Å²) in [6.45, 7) is 6.00. The molecule has 0 spiro atoms. The summed E-state index contributed by atoms with van der Waals surface area (Å²) in [6, 6.07) is 4.15. The van der Waals surface area contributed by atoms with Gasteiger partial charge in [-0.05, 0) is 36.6 Å². The highest BCUT2D eigenvalue weighted by Crippen LogP contribution is 2.28. The van der Waals surface area contributed by atoms with Gasteiger partial charge in [0, 0.05) is 19.8 Å². The Morgan fingerprint density at radius 2 is 2.00 bits per heavy atom. The molecule has 0 unspecified atom stereocenters. The summed E-state index contributed by atoms with van der Waals surface area (Å²) in [5.41, 5.74) is 0.382. The standard InChI is InChI=1S/C14H23NO2S/c1-14(5-7-16-8-6-14)11-15-9-12-3-4-13(17-12)10-18-2/h3-4,15H,5-11H2,1-2H3. The van der Waals surface area contributed by atoms with E-state index in [2.05, 4.69) is 30.6 Å².